The van der Waals surface area contributed by atoms with Crippen molar-refractivity contribution in [2.24, 2.45) is 5.73 Å². The molecule has 0 aliphatic heterocycles. The van der Waals surface area contributed by atoms with Gasteiger partial charge in [0, 0.05) is 6.54 Å². The smallest absolute Gasteiger partial charge is 0.123 e. The number of hydrogen-bond acceptors (Lipinski definition) is 2. The molecule has 1 aliphatic rings. The molecule has 1 atom stereocenters. The Labute approximate surface area is 95.6 Å². The predicted octanol–water partition coefficient (Wildman–Crippen LogP) is 2.35. The van der Waals surface area contributed by atoms with Gasteiger partial charge in [-0.05, 0) is 49.9 Å². The molecule has 0 aromatic heterocycles. The first-order valence-corrected chi connectivity index (χ1v) is 5.74. The van der Waals surface area contributed by atoms with Crippen LogP contribution in [0, 0.1) is 5.82 Å². The van der Waals surface area contributed by atoms with Gasteiger partial charge < -0.3 is 10.5 Å². The SMILES string of the molecule is CC(C)OC1(CN)CCc2ccc(F)cc21. The van der Waals surface area contributed by atoms with Crippen molar-refractivity contribution in [1.82, 2.24) is 0 Å². The molecule has 0 saturated heterocycles. The minimum atomic E-state index is -0.481. The fourth-order valence-electron chi connectivity index (χ4n) is 2.50. The highest BCUT2D eigenvalue weighted by Crippen LogP contribution is 2.40. The Balaban J connectivity index is 2.42. The van der Waals surface area contributed by atoms with Gasteiger partial charge in [0.1, 0.15) is 11.4 Å². The van der Waals surface area contributed by atoms with Gasteiger partial charge in [0.05, 0.1) is 6.10 Å². The highest BCUT2D eigenvalue weighted by Gasteiger charge is 2.39. The van der Waals surface area contributed by atoms with Crippen molar-refractivity contribution in [3.8, 4) is 0 Å². The zero-order chi connectivity index (χ0) is 11.8. The van der Waals surface area contributed by atoms with Gasteiger partial charge in [-0.3, -0.25) is 0 Å². The lowest BCUT2D eigenvalue weighted by Gasteiger charge is -2.31. The lowest BCUT2D eigenvalue weighted by atomic mass is 9.95. The Kier molecular flexibility index (Phi) is 3.00. The second-order valence-electron chi connectivity index (χ2n) is 4.67. The monoisotopic (exact) mass is 223 g/mol. The molecule has 0 bridgehead atoms. The van der Waals surface area contributed by atoms with Gasteiger partial charge in [-0.2, -0.15) is 0 Å². The van der Waals surface area contributed by atoms with Crippen molar-refractivity contribution in [2.75, 3.05) is 6.54 Å². The molecule has 0 heterocycles. The van der Waals surface area contributed by atoms with Gasteiger partial charge in [0.2, 0.25) is 0 Å². The Morgan fingerprint density at radius 3 is 2.88 bits per heavy atom. The number of nitrogens with two attached hydrogens (primary N) is 1. The first-order chi connectivity index (χ1) is 7.57. The van der Waals surface area contributed by atoms with E-state index in [-0.39, 0.29) is 11.9 Å². The number of halogens is 1. The van der Waals surface area contributed by atoms with Crippen LogP contribution >= 0.6 is 0 Å². The average molecular weight is 223 g/mol. The summed E-state index contributed by atoms with van der Waals surface area (Å²) in [6, 6.07) is 4.91. The predicted molar refractivity (Wildman–Crippen MR) is 61.7 cm³/mol. The van der Waals surface area contributed by atoms with E-state index < -0.39 is 5.60 Å². The first-order valence-electron chi connectivity index (χ1n) is 5.74. The van der Waals surface area contributed by atoms with Crippen LogP contribution in [0.3, 0.4) is 0 Å². The molecule has 1 aromatic rings. The lowest BCUT2D eigenvalue weighted by Crippen LogP contribution is -2.38. The van der Waals surface area contributed by atoms with E-state index in [1.54, 1.807) is 6.07 Å². The minimum absolute atomic E-state index is 0.0952. The van der Waals surface area contributed by atoms with Crippen molar-refractivity contribution in [2.45, 2.75) is 38.4 Å². The fourth-order valence-corrected chi connectivity index (χ4v) is 2.50. The summed E-state index contributed by atoms with van der Waals surface area (Å²) in [7, 11) is 0. The molecule has 1 aromatic carbocycles. The van der Waals surface area contributed by atoms with Crippen LogP contribution in [0.15, 0.2) is 18.2 Å². The number of ether oxygens (including phenoxy) is 1. The molecule has 0 spiro atoms. The van der Waals surface area contributed by atoms with Crippen molar-refractivity contribution in [1.29, 1.82) is 0 Å². The summed E-state index contributed by atoms with van der Waals surface area (Å²) in [6.07, 6.45) is 1.86. The summed E-state index contributed by atoms with van der Waals surface area (Å²) < 4.78 is 19.2. The van der Waals surface area contributed by atoms with Gasteiger partial charge >= 0.3 is 0 Å². The molecule has 2 N–H and O–H groups in total. The van der Waals surface area contributed by atoms with Crippen LogP contribution in [0.2, 0.25) is 0 Å². The third-order valence-corrected chi connectivity index (χ3v) is 3.15. The fraction of sp³-hybridized carbons (Fsp3) is 0.538. The summed E-state index contributed by atoms with van der Waals surface area (Å²) in [5.41, 5.74) is 7.45. The van der Waals surface area contributed by atoms with E-state index in [2.05, 4.69) is 0 Å². The van der Waals surface area contributed by atoms with Crippen molar-refractivity contribution in [3.63, 3.8) is 0 Å². The highest BCUT2D eigenvalue weighted by molar-refractivity contribution is 5.38. The molecule has 16 heavy (non-hydrogen) atoms. The third kappa shape index (κ3) is 1.85. The second-order valence-corrected chi connectivity index (χ2v) is 4.67. The molecule has 3 heteroatoms. The first kappa shape index (κ1) is 11.6. The number of benzene rings is 1. The summed E-state index contributed by atoms with van der Waals surface area (Å²) in [6.45, 7) is 4.37. The summed E-state index contributed by atoms with van der Waals surface area (Å²) in [5, 5.41) is 0. The highest BCUT2D eigenvalue weighted by atomic mass is 19.1. The van der Waals surface area contributed by atoms with Crippen LogP contribution in [0.4, 0.5) is 4.39 Å². The van der Waals surface area contributed by atoms with E-state index in [9.17, 15) is 4.39 Å². The maximum absolute atomic E-state index is 13.3. The van der Waals surface area contributed by atoms with Crippen LogP contribution in [-0.2, 0) is 16.8 Å². The van der Waals surface area contributed by atoms with Crippen LogP contribution < -0.4 is 5.73 Å². The Bertz CT molecular complexity index is 392. The van der Waals surface area contributed by atoms with Crippen LogP contribution in [-0.4, -0.2) is 12.6 Å². The normalized spacial score (nSPS) is 23.8. The molecule has 1 aliphatic carbocycles. The summed E-state index contributed by atoms with van der Waals surface area (Å²) >= 11 is 0. The van der Waals surface area contributed by atoms with Crippen molar-refractivity contribution in [3.05, 3.63) is 35.1 Å². The molecule has 0 radical (unpaired) electrons. The van der Waals surface area contributed by atoms with Crippen LogP contribution in [0.25, 0.3) is 0 Å². The molecule has 2 rings (SSSR count). The van der Waals surface area contributed by atoms with E-state index in [0.717, 1.165) is 24.0 Å². The third-order valence-electron chi connectivity index (χ3n) is 3.15. The molecular weight excluding hydrogens is 205 g/mol. The Hall–Kier alpha value is -0.930. The summed E-state index contributed by atoms with van der Waals surface area (Å²) in [4.78, 5) is 0. The van der Waals surface area contributed by atoms with E-state index in [1.807, 2.05) is 19.9 Å². The largest absolute Gasteiger partial charge is 0.366 e. The molecule has 88 valence electrons. The maximum Gasteiger partial charge on any atom is 0.123 e. The molecule has 2 nitrogen and oxygen atoms in total. The quantitative estimate of drug-likeness (QED) is 0.853. The minimum Gasteiger partial charge on any atom is -0.366 e. The molecule has 0 fully saturated rings. The van der Waals surface area contributed by atoms with E-state index in [0.29, 0.717) is 6.54 Å². The number of aryl methyl sites for hydroxylation is 1. The Morgan fingerprint density at radius 1 is 1.50 bits per heavy atom. The van der Waals surface area contributed by atoms with Crippen molar-refractivity contribution >= 4 is 0 Å². The zero-order valence-corrected chi connectivity index (χ0v) is 9.79. The van der Waals surface area contributed by atoms with Gasteiger partial charge in [-0.15, -0.1) is 0 Å². The van der Waals surface area contributed by atoms with Crippen molar-refractivity contribution < 1.29 is 9.13 Å². The Morgan fingerprint density at radius 2 is 2.25 bits per heavy atom. The van der Waals surface area contributed by atoms with Crippen LogP contribution in [0.5, 0.6) is 0 Å². The summed E-state index contributed by atoms with van der Waals surface area (Å²) in [5.74, 6) is -0.217. The number of rotatable bonds is 3. The van der Waals surface area contributed by atoms with Gasteiger partial charge in [-0.1, -0.05) is 6.07 Å². The van der Waals surface area contributed by atoms with Gasteiger partial charge in [-0.25, -0.2) is 4.39 Å². The van der Waals surface area contributed by atoms with Gasteiger partial charge in [0.15, 0.2) is 0 Å². The van der Waals surface area contributed by atoms with E-state index in [1.165, 1.54) is 6.07 Å². The number of fused-ring (bicyclic) bond motifs is 1. The molecular formula is C13H18FNO. The molecule has 0 saturated carbocycles. The van der Waals surface area contributed by atoms with Gasteiger partial charge in [0.25, 0.3) is 0 Å². The zero-order valence-electron chi connectivity index (χ0n) is 9.79. The lowest BCUT2D eigenvalue weighted by molar-refractivity contribution is -0.0781. The second kappa shape index (κ2) is 4.15. The standard InChI is InChI=1S/C13H18FNO/c1-9(2)16-13(8-15)6-5-10-3-4-11(14)7-12(10)13/h3-4,7,9H,5-6,8,15H2,1-2H3. The average Bonchev–Trinajstić information content (AvgIpc) is 2.57. The number of hydrogen-bond donors (Lipinski definition) is 1. The topological polar surface area (TPSA) is 35.2 Å². The molecule has 1 unspecified atom stereocenters. The maximum atomic E-state index is 13.3. The van der Waals surface area contributed by atoms with Crippen LogP contribution in [0.1, 0.15) is 31.4 Å². The molecule has 0 amide bonds. The van der Waals surface area contributed by atoms with E-state index >= 15 is 0 Å². The van der Waals surface area contributed by atoms with E-state index in [4.69, 9.17) is 10.5 Å².